The molecule has 0 spiro atoms. The predicted octanol–water partition coefficient (Wildman–Crippen LogP) is 1.30. The van der Waals surface area contributed by atoms with Crippen LogP contribution in [0.25, 0.3) is 43.6 Å². The van der Waals surface area contributed by atoms with Crippen LogP contribution in [0.2, 0.25) is 0 Å². The number of aromatic amines is 2. The lowest BCUT2D eigenvalue weighted by atomic mass is 10.0. The Morgan fingerprint density at radius 3 is 1.06 bits per heavy atom. The number of carbonyl (C=O) groups is 2. The molecule has 0 fully saturated rings. The maximum atomic E-state index is 13.4. The van der Waals surface area contributed by atoms with Crippen molar-refractivity contribution in [3.8, 4) is 0 Å². The van der Waals surface area contributed by atoms with Crippen LogP contribution in [0.15, 0.2) is 97.1 Å². The Bertz CT molecular complexity index is 1860. The Morgan fingerprint density at radius 2 is 0.769 bits per heavy atom. The first-order valence-electron chi connectivity index (χ1n) is 18.1. The molecule has 0 aliphatic heterocycles. The Hall–Kier alpha value is -4.66. The van der Waals surface area contributed by atoms with Crippen molar-refractivity contribution in [1.82, 2.24) is 10.6 Å². The third-order valence-electron chi connectivity index (χ3n) is 9.52. The van der Waals surface area contributed by atoms with Crippen molar-refractivity contribution >= 4 is 66.8 Å². The van der Waals surface area contributed by atoms with Crippen LogP contribution in [0.4, 0.5) is 11.4 Å². The molecule has 2 amide bonds. The third-order valence-corrected chi connectivity index (χ3v) is 9.52. The largest absolute Gasteiger partial charge is 1.00 e. The zero-order chi connectivity index (χ0) is 35.0. The van der Waals surface area contributed by atoms with E-state index in [0.29, 0.717) is 13.1 Å². The molecule has 0 aliphatic rings. The normalized spacial score (nSPS) is 12.3. The molecule has 0 saturated carbocycles. The average Bonchev–Trinajstić information content (AvgIpc) is 3.12. The van der Waals surface area contributed by atoms with Gasteiger partial charge in [0.2, 0.25) is 33.9 Å². The summed E-state index contributed by atoms with van der Waals surface area (Å²) in [7, 11) is 0. The van der Waals surface area contributed by atoms with Crippen LogP contribution >= 0.6 is 0 Å². The van der Waals surface area contributed by atoms with E-state index in [1.807, 2.05) is 48.5 Å². The molecule has 0 radical (unpaired) electrons. The molecular formula is C42H50Cl2N6O2. The van der Waals surface area contributed by atoms with E-state index >= 15 is 0 Å². The van der Waals surface area contributed by atoms with E-state index in [1.54, 1.807) is 0 Å². The van der Waals surface area contributed by atoms with Crippen molar-refractivity contribution in [3.63, 3.8) is 0 Å². The van der Waals surface area contributed by atoms with Crippen molar-refractivity contribution in [1.29, 1.82) is 0 Å². The molecule has 0 unspecified atom stereocenters. The lowest BCUT2D eigenvalue weighted by Gasteiger charge is -2.24. The molecule has 6 aromatic rings. The monoisotopic (exact) mass is 740 g/mol. The highest BCUT2D eigenvalue weighted by Crippen LogP contribution is 2.31. The molecule has 0 bridgehead atoms. The van der Waals surface area contributed by atoms with Gasteiger partial charge in [0.15, 0.2) is 0 Å². The second-order valence-electron chi connectivity index (χ2n) is 13.9. The van der Waals surface area contributed by atoms with Crippen LogP contribution in [-0.4, -0.2) is 37.0 Å². The van der Waals surface area contributed by atoms with Gasteiger partial charge in [-0.25, -0.2) is 9.97 Å². The summed E-state index contributed by atoms with van der Waals surface area (Å²) in [6.45, 7) is 9.55. The molecular weight excluding hydrogens is 691 g/mol. The molecule has 8 nitrogen and oxygen atoms in total. The van der Waals surface area contributed by atoms with E-state index in [0.717, 1.165) is 80.7 Å². The smallest absolute Gasteiger partial charge is 0.242 e. The van der Waals surface area contributed by atoms with Crippen molar-refractivity contribution < 1.29 is 44.4 Å². The van der Waals surface area contributed by atoms with Gasteiger partial charge >= 0.3 is 0 Å². The number of amides is 2. The number of anilines is 2. The molecule has 0 saturated heterocycles. The number of hydrogen-bond donors (Lipinski definition) is 4. The fourth-order valence-corrected chi connectivity index (χ4v) is 6.76. The zero-order valence-corrected chi connectivity index (χ0v) is 31.9. The SMILES string of the molecule is CC(C)[C@H](Nc1c2ccccc2[nH+]c2ccccc12)C(=O)NCCCCCCNC(=O)[C@@H](Nc1c2ccccc2[nH+]c2ccccc12)C(C)C.[Cl-].[Cl-]. The molecule has 52 heavy (non-hydrogen) atoms. The van der Waals surface area contributed by atoms with E-state index in [2.05, 4.69) is 107 Å². The van der Waals surface area contributed by atoms with Crippen LogP contribution in [0, 0.1) is 11.8 Å². The number of aromatic nitrogens is 2. The Morgan fingerprint density at radius 1 is 0.481 bits per heavy atom. The number of fused-ring (bicyclic) bond motifs is 4. The topological polar surface area (TPSA) is 111 Å². The summed E-state index contributed by atoms with van der Waals surface area (Å²) >= 11 is 0. The number of unbranched alkanes of at least 4 members (excludes halogenated alkanes) is 3. The number of halogens is 2. The molecule has 274 valence electrons. The number of pyridine rings is 2. The number of benzene rings is 4. The van der Waals surface area contributed by atoms with Crippen LogP contribution in [0.3, 0.4) is 0 Å². The van der Waals surface area contributed by atoms with Gasteiger partial charge in [0.1, 0.15) is 12.1 Å². The summed E-state index contributed by atoms with van der Waals surface area (Å²) in [6, 6.07) is 32.1. The standard InChI is InChI=1S/C42H48N6O2.2ClH/c1-27(2)37(47-39-29-17-7-11-21-33(29)45-34-22-12-8-18-30(34)39)41(49)43-25-15-5-6-16-26-44-42(50)38(28(3)4)48-40-31-19-9-13-23-35(31)46-36-24-14-10-20-32(36)40;;/h7-14,17-24,27-28,37-38H,5-6,15-16,25-26H2,1-4H3,(H,43,49)(H,44,50)(H,45,47)(H,46,48);2*1H/t37-,38-;;/m0../s1. The minimum Gasteiger partial charge on any atom is -1.00 e. The summed E-state index contributed by atoms with van der Waals surface area (Å²) in [5.74, 6) is 0.221. The second-order valence-corrected chi connectivity index (χ2v) is 13.9. The quantitative estimate of drug-likeness (QED) is 0.0941. The predicted molar refractivity (Wildman–Crippen MR) is 205 cm³/mol. The van der Waals surface area contributed by atoms with E-state index in [1.165, 1.54) is 0 Å². The number of carbonyl (C=O) groups excluding carboxylic acids is 2. The minimum atomic E-state index is -0.369. The molecule has 2 atom stereocenters. The number of hydrogen-bond acceptors (Lipinski definition) is 4. The first kappa shape index (κ1) is 40.1. The second kappa shape index (κ2) is 18.7. The van der Waals surface area contributed by atoms with Gasteiger partial charge in [0, 0.05) is 37.4 Å². The Balaban J connectivity index is 0.00000302. The van der Waals surface area contributed by atoms with Gasteiger partial charge in [-0.3, -0.25) is 9.59 Å². The van der Waals surface area contributed by atoms with Crippen molar-refractivity contribution in [2.75, 3.05) is 23.7 Å². The summed E-state index contributed by atoms with van der Waals surface area (Å²) < 4.78 is 0. The third kappa shape index (κ3) is 9.22. The minimum absolute atomic E-state index is 0. The summed E-state index contributed by atoms with van der Waals surface area (Å²) in [5, 5.41) is 17.8. The first-order valence-corrected chi connectivity index (χ1v) is 18.1. The van der Waals surface area contributed by atoms with Gasteiger partial charge < -0.3 is 46.1 Å². The average molecular weight is 742 g/mol. The number of para-hydroxylation sites is 4. The van der Waals surface area contributed by atoms with Crippen LogP contribution in [-0.2, 0) is 9.59 Å². The fourth-order valence-electron chi connectivity index (χ4n) is 6.76. The van der Waals surface area contributed by atoms with Gasteiger partial charge in [-0.1, -0.05) is 89.1 Å². The summed E-state index contributed by atoms with van der Waals surface area (Å²) in [6.07, 6.45) is 3.73. The molecule has 6 N–H and O–H groups in total. The van der Waals surface area contributed by atoms with E-state index < -0.39 is 0 Å². The lowest BCUT2D eigenvalue weighted by molar-refractivity contribution is -0.310. The van der Waals surface area contributed by atoms with E-state index in [9.17, 15) is 9.59 Å². The molecule has 4 aromatic carbocycles. The zero-order valence-electron chi connectivity index (χ0n) is 30.4. The maximum absolute atomic E-state index is 13.4. The fraction of sp³-hybridized carbons (Fsp3) is 0.333. The van der Waals surface area contributed by atoms with Crippen LogP contribution in [0.1, 0.15) is 53.4 Å². The first-order chi connectivity index (χ1) is 24.3. The Labute approximate surface area is 318 Å². The highest BCUT2D eigenvalue weighted by Gasteiger charge is 2.26. The number of H-pyrrole nitrogens is 2. The number of rotatable bonds is 15. The van der Waals surface area contributed by atoms with Crippen molar-refractivity contribution in [2.24, 2.45) is 11.8 Å². The van der Waals surface area contributed by atoms with Crippen LogP contribution in [0.5, 0.6) is 0 Å². The van der Waals surface area contributed by atoms with Gasteiger partial charge in [-0.15, -0.1) is 0 Å². The highest BCUT2D eigenvalue weighted by atomic mass is 35.5. The van der Waals surface area contributed by atoms with Gasteiger partial charge in [0.25, 0.3) is 0 Å². The molecule has 10 heteroatoms. The summed E-state index contributed by atoms with van der Waals surface area (Å²) in [5.41, 5.74) is 6.07. The van der Waals surface area contributed by atoms with E-state index in [-0.39, 0.29) is 60.5 Å². The maximum Gasteiger partial charge on any atom is 0.242 e. The van der Waals surface area contributed by atoms with Crippen molar-refractivity contribution in [3.05, 3.63) is 97.1 Å². The van der Waals surface area contributed by atoms with Crippen LogP contribution < -0.4 is 56.0 Å². The van der Waals surface area contributed by atoms with E-state index in [4.69, 9.17) is 0 Å². The molecule has 2 aromatic heterocycles. The summed E-state index contributed by atoms with van der Waals surface area (Å²) in [4.78, 5) is 33.9. The van der Waals surface area contributed by atoms with Gasteiger partial charge in [0.05, 0.1) is 32.9 Å². The molecule has 6 rings (SSSR count). The molecule has 2 heterocycles. The van der Waals surface area contributed by atoms with Gasteiger partial charge in [-0.2, -0.15) is 0 Å². The van der Waals surface area contributed by atoms with Gasteiger partial charge in [-0.05, 0) is 48.9 Å². The highest BCUT2D eigenvalue weighted by molar-refractivity contribution is 6.07. The molecule has 0 aliphatic carbocycles. The number of nitrogens with one attached hydrogen (secondary N) is 6. The Kier molecular flexibility index (Phi) is 14.4. The lowest BCUT2D eigenvalue weighted by Crippen LogP contribution is -3.00. The van der Waals surface area contributed by atoms with Crippen molar-refractivity contribution in [2.45, 2.75) is 65.5 Å².